The monoisotopic (exact) mass is 393 g/mol. The van der Waals surface area contributed by atoms with Crippen LogP contribution in [0.15, 0.2) is 91.0 Å². The standard InChI is InChI=1S/C24H24ClNO2/c1-18(25)22(23(27)28-2)26-24(19-12-6-3-7-13-19,20-14-8-4-9-15-20)21-16-10-5-11-17-21/h3-18,22,26H,1-2H3/t18-,22-/m0/s1. The molecule has 0 bridgehead atoms. The van der Waals surface area contributed by atoms with Crippen molar-refractivity contribution in [3.8, 4) is 0 Å². The largest absolute Gasteiger partial charge is 0.468 e. The minimum absolute atomic E-state index is 0.394. The molecule has 3 aromatic rings. The van der Waals surface area contributed by atoms with Gasteiger partial charge in [0.1, 0.15) is 6.04 Å². The van der Waals surface area contributed by atoms with Crippen LogP contribution in [0.4, 0.5) is 0 Å². The van der Waals surface area contributed by atoms with Gasteiger partial charge in [-0.05, 0) is 23.6 Å². The van der Waals surface area contributed by atoms with Crippen LogP contribution in [0.5, 0.6) is 0 Å². The molecule has 1 N–H and O–H groups in total. The molecule has 144 valence electrons. The van der Waals surface area contributed by atoms with E-state index in [4.69, 9.17) is 16.3 Å². The number of esters is 1. The molecule has 0 radical (unpaired) electrons. The zero-order chi connectivity index (χ0) is 20.0. The average Bonchev–Trinajstić information content (AvgIpc) is 2.76. The lowest BCUT2D eigenvalue weighted by Crippen LogP contribution is -2.55. The van der Waals surface area contributed by atoms with Crippen LogP contribution >= 0.6 is 11.6 Å². The maximum Gasteiger partial charge on any atom is 0.324 e. The van der Waals surface area contributed by atoms with Gasteiger partial charge in [-0.3, -0.25) is 10.1 Å². The molecular weight excluding hydrogens is 370 g/mol. The molecule has 0 aliphatic carbocycles. The van der Waals surface area contributed by atoms with Crippen molar-refractivity contribution >= 4 is 17.6 Å². The Kier molecular flexibility index (Phi) is 6.50. The van der Waals surface area contributed by atoms with E-state index in [2.05, 4.69) is 41.7 Å². The van der Waals surface area contributed by atoms with E-state index in [-0.39, 0.29) is 0 Å². The summed E-state index contributed by atoms with van der Waals surface area (Å²) in [7, 11) is 1.38. The molecule has 0 fully saturated rings. The molecular formula is C24H24ClNO2. The number of nitrogens with one attached hydrogen (secondary N) is 1. The van der Waals surface area contributed by atoms with Gasteiger partial charge in [0.25, 0.3) is 0 Å². The first kappa shape index (κ1) is 20.1. The van der Waals surface area contributed by atoms with Crippen molar-refractivity contribution in [2.24, 2.45) is 0 Å². The second-order valence-corrected chi connectivity index (χ2v) is 7.36. The summed E-state index contributed by atoms with van der Waals surface area (Å²) in [5, 5.41) is 3.09. The van der Waals surface area contributed by atoms with E-state index in [9.17, 15) is 4.79 Å². The second kappa shape index (κ2) is 9.05. The molecule has 0 spiro atoms. The summed E-state index contributed by atoms with van der Waals surface area (Å²) in [5.41, 5.74) is 2.27. The van der Waals surface area contributed by atoms with Crippen LogP contribution in [-0.4, -0.2) is 24.5 Å². The van der Waals surface area contributed by atoms with Gasteiger partial charge in [-0.15, -0.1) is 11.6 Å². The minimum Gasteiger partial charge on any atom is -0.468 e. The first-order valence-corrected chi connectivity index (χ1v) is 9.69. The number of hydrogen-bond donors (Lipinski definition) is 1. The fraction of sp³-hybridized carbons (Fsp3) is 0.208. The molecule has 0 unspecified atom stereocenters. The number of carbonyl (C=O) groups is 1. The highest BCUT2D eigenvalue weighted by atomic mass is 35.5. The lowest BCUT2D eigenvalue weighted by molar-refractivity contribution is -0.143. The van der Waals surface area contributed by atoms with Crippen LogP contribution in [0, 0.1) is 0 Å². The lowest BCUT2D eigenvalue weighted by Gasteiger charge is -2.40. The molecule has 28 heavy (non-hydrogen) atoms. The summed E-state index contributed by atoms with van der Waals surface area (Å²) < 4.78 is 5.04. The Labute approximate surface area is 171 Å². The third-order valence-corrected chi connectivity index (χ3v) is 5.16. The fourth-order valence-corrected chi connectivity index (χ4v) is 3.70. The van der Waals surface area contributed by atoms with Crippen LogP contribution in [0.2, 0.25) is 0 Å². The zero-order valence-corrected chi connectivity index (χ0v) is 16.8. The van der Waals surface area contributed by atoms with Crippen molar-refractivity contribution < 1.29 is 9.53 Å². The molecule has 0 saturated carbocycles. The van der Waals surface area contributed by atoms with E-state index in [1.165, 1.54) is 7.11 Å². The Morgan fingerprint density at radius 2 is 1.18 bits per heavy atom. The van der Waals surface area contributed by atoms with Gasteiger partial charge in [0.15, 0.2) is 0 Å². The summed E-state index contributed by atoms with van der Waals surface area (Å²) in [6, 6.07) is 29.5. The normalized spacial score (nSPS) is 13.5. The summed E-state index contributed by atoms with van der Waals surface area (Å²) in [6.07, 6.45) is 0. The molecule has 4 heteroatoms. The zero-order valence-electron chi connectivity index (χ0n) is 16.0. The van der Waals surface area contributed by atoms with Crippen molar-refractivity contribution in [1.82, 2.24) is 5.32 Å². The first-order valence-electron chi connectivity index (χ1n) is 9.25. The van der Waals surface area contributed by atoms with E-state index in [0.717, 1.165) is 16.7 Å². The van der Waals surface area contributed by atoms with Gasteiger partial charge >= 0.3 is 5.97 Å². The maximum atomic E-state index is 12.6. The number of methoxy groups -OCH3 is 1. The van der Waals surface area contributed by atoms with Gasteiger partial charge in [0.05, 0.1) is 18.0 Å². The van der Waals surface area contributed by atoms with Gasteiger partial charge in [-0.25, -0.2) is 0 Å². The van der Waals surface area contributed by atoms with E-state index < -0.39 is 22.9 Å². The molecule has 3 nitrogen and oxygen atoms in total. The van der Waals surface area contributed by atoms with Gasteiger partial charge in [-0.2, -0.15) is 0 Å². The Hall–Kier alpha value is -2.62. The summed E-state index contributed by atoms with van der Waals surface area (Å²) in [5.74, 6) is -0.394. The minimum atomic E-state index is -0.772. The fourth-order valence-electron chi connectivity index (χ4n) is 3.54. The highest BCUT2D eigenvalue weighted by Gasteiger charge is 2.41. The van der Waals surface area contributed by atoms with Gasteiger partial charge in [-0.1, -0.05) is 91.0 Å². The quantitative estimate of drug-likeness (QED) is 0.358. The predicted molar refractivity (Wildman–Crippen MR) is 113 cm³/mol. The number of benzene rings is 3. The van der Waals surface area contributed by atoms with Crippen LogP contribution in [0.1, 0.15) is 23.6 Å². The van der Waals surface area contributed by atoms with Crippen LogP contribution < -0.4 is 5.32 Å². The Morgan fingerprint density at radius 3 is 1.46 bits per heavy atom. The Morgan fingerprint density at radius 1 is 0.821 bits per heavy atom. The van der Waals surface area contributed by atoms with Crippen molar-refractivity contribution in [2.45, 2.75) is 23.9 Å². The SMILES string of the molecule is COC(=O)[C@@H](NC(c1ccccc1)(c1ccccc1)c1ccccc1)[C@H](C)Cl. The van der Waals surface area contributed by atoms with Crippen molar-refractivity contribution in [3.05, 3.63) is 108 Å². The molecule has 0 saturated heterocycles. The smallest absolute Gasteiger partial charge is 0.324 e. The lowest BCUT2D eigenvalue weighted by atomic mass is 9.76. The maximum absolute atomic E-state index is 12.6. The second-order valence-electron chi connectivity index (χ2n) is 6.67. The number of rotatable bonds is 7. The summed E-state index contributed by atoms with van der Waals surface area (Å²) in [6.45, 7) is 1.79. The molecule has 3 rings (SSSR count). The van der Waals surface area contributed by atoms with Crippen LogP contribution in [0.25, 0.3) is 0 Å². The van der Waals surface area contributed by atoms with Gasteiger partial charge in [0.2, 0.25) is 0 Å². The summed E-state index contributed by atoms with van der Waals surface area (Å²) >= 11 is 6.42. The van der Waals surface area contributed by atoms with E-state index >= 15 is 0 Å². The van der Waals surface area contributed by atoms with E-state index in [1.807, 2.05) is 54.6 Å². The average molecular weight is 394 g/mol. The topological polar surface area (TPSA) is 38.3 Å². The number of carbonyl (C=O) groups excluding carboxylic acids is 1. The van der Waals surface area contributed by atoms with Gasteiger partial charge in [0, 0.05) is 0 Å². The van der Waals surface area contributed by atoms with E-state index in [0.29, 0.717) is 0 Å². The molecule has 0 aromatic heterocycles. The highest BCUT2D eigenvalue weighted by Crippen LogP contribution is 2.37. The summed E-state index contributed by atoms with van der Waals surface area (Å²) in [4.78, 5) is 12.6. The molecule has 0 aliphatic heterocycles. The highest BCUT2D eigenvalue weighted by molar-refractivity contribution is 6.22. The number of hydrogen-bond acceptors (Lipinski definition) is 3. The van der Waals surface area contributed by atoms with E-state index in [1.54, 1.807) is 6.92 Å². The third kappa shape index (κ3) is 3.96. The van der Waals surface area contributed by atoms with Crippen LogP contribution in [0.3, 0.4) is 0 Å². The Balaban J connectivity index is 2.29. The molecule has 0 aliphatic rings. The molecule has 3 aromatic carbocycles. The molecule has 2 atom stereocenters. The van der Waals surface area contributed by atoms with Crippen molar-refractivity contribution in [3.63, 3.8) is 0 Å². The van der Waals surface area contributed by atoms with Crippen molar-refractivity contribution in [2.75, 3.05) is 7.11 Å². The number of halogens is 1. The van der Waals surface area contributed by atoms with Crippen LogP contribution in [-0.2, 0) is 15.1 Å². The number of ether oxygens (including phenoxy) is 1. The predicted octanol–water partition coefficient (Wildman–Crippen LogP) is 4.74. The van der Waals surface area contributed by atoms with Gasteiger partial charge < -0.3 is 4.74 Å². The molecule has 0 heterocycles. The molecule has 0 amide bonds. The number of alkyl halides is 1. The third-order valence-electron chi connectivity index (χ3n) is 4.91. The first-order chi connectivity index (χ1) is 13.6. The Bertz CT molecular complexity index is 786. The van der Waals surface area contributed by atoms with Crippen molar-refractivity contribution in [1.29, 1.82) is 0 Å².